The van der Waals surface area contributed by atoms with Crippen LogP contribution in [-0.4, -0.2) is 28.8 Å². The van der Waals surface area contributed by atoms with Crippen LogP contribution in [0.1, 0.15) is 36.8 Å². The SMILES string of the molecule is Cc1noc(C)c1CC(=O)NC(C)CCCO. The fraction of sp³-hybridized carbons (Fsp3) is 0.667. The highest BCUT2D eigenvalue weighted by molar-refractivity contribution is 5.79. The molecule has 96 valence electrons. The summed E-state index contributed by atoms with van der Waals surface area (Å²) in [6.07, 6.45) is 1.78. The molecule has 0 saturated heterocycles. The fourth-order valence-corrected chi connectivity index (χ4v) is 1.71. The number of aliphatic hydroxyl groups excluding tert-OH is 1. The molecule has 1 atom stereocenters. The fourth-order valence-electron chi connectivity index (χ4n) is 1.71. The van der Waals surface area contributed by atoms with Crippen LogP contribution in [0.2, 0.25) is 0 Å². The second-order valence-corrected chi connectivity index (χ2v) is 4.31. The molecule has 0 bridgehead atoms. The van der Waals surface area contributed by atoms with Crippen molar-refractivity contribution in [3.8, 4) is 0 Å². The summed E-state index contributed by atoms with van der Waals surface area (Å²) in [4.78, 5) is 11.7. The maximum absolute atomic E-state index is 11.7. The number of hydrogen-bond donors (Lipinski definition) is 2. The van der Waals surface area contributed by atoms with Gasteiger partial charge in [-0.05, 0) is 33.6 Å². The lowest BCUT2D eigenvalue weighted by atomic mass is 10.1. The van der Waals surface area contributed by atoms with Gasteiger partial charge >= 0.3 is 0 Å². The number of hydrogen-bond acceptors (Lipinski definition) is 4. The van der Waals surface area contributed by atoms with Gasteiger partial charge in [-0.3, -0.25) is 4.79 Å². The van der Waals surface area contributed by atoms with Gasteiger partial charge < -0.3 is 14.9 Å². The first kappa shape index (κ1) is 13.7. The number of carbonyl (C=O) groups is 1. The van der Waals surface area contributed by atoms with Gasteiger partial charge in [-0.25, -0.2) is 0 Å². The predicted molar refractivity (Wildman–Crippen MR) is 63.6 cm³/mol. The first-order valence-electron chi connectivity index (χ1n) is 5.86. The number of aryl methyl sites for hydroxylation is 2. The Morgan fingerprint density at radius 3 is 2.76 bits per heavy atom. The van der Waals surface area contributed by atoms with E-state index in [2.05, 4.69) is 10.5 Å². The molecule has 0 radical (unpaired) electrons. The number of nitrogens with one attached hydrogen (secondary N) is 1. The topological polar surface area (TPSA) is 75.4 Å². The maximum Gasteiger partial charge on any atom is 0.224 e. The van der Waals surface area contributed by atoms with Crippen LogP contribution < -0.4 is 5.32 Å². The van der Waals surface area contributed by atoms with Gasteiger partial charge in [0.1, 0.15) is 5.76 Å². The Morgan fingerprint density at radius 2 is 2.24 bits per heavy atom. The highest BCUT2D eigenvalue weighted by atomic mass is 16.5. The van der Waals surface area contributed by atoms with E-state index in [4.69, 9.17) is 9.63 Å². The summed E-state index contributed by atoms with van der Waals surface area (Å²) in [6, 6.07) is 0.0788. The third kappa shape index (κ3) is 4.19. The van der Waals surface area contributed by atoms with Gasteiger partial charge in [0.05, 0.1) is 12.1 Å². The molecule has 1 aromatic heterocycles. The largest absolute Gasteiger partial charge is 0.396 e. The van der Waals surface area contributed by atoms with E-state index in [1.807, 2.05) is 13.8 Å². The molecule has 1 rings (SSSR count). The number of rotatable bonds is 6. The van der Waals surface area contributed by atoms with Gasteiger partial charge in [-0.15, -0.1) is 0 Å². The molecule has 0 aromatic carbocycles. The van der Waals surface area contributed by atoms with Crippen LogP contribution in [0, 0.1) is 13.8 Å². The lowest BCUT2D eigenvalue weighted by Gasteiger charge is -2.12. The van der Waals surface area contributed by atoms with Crippen molar-refractivity contribution in [1.82, 2.24) is 10.5 Å². The van der Waals surface area contributed by atoms with Crippen molar-refractivity contribution in [2.75, 3.05) is 6.61 Å². The number of amides is 1. The molecular formula is C12H20N2O3. The van der Waals surface area contributed by atoms with Gasteiger partial charge in [0.2, 0.25) is 5.91 Å². The summed E-state index contributed by atoms with van der Waals surface area (Å²) in [6.45, 7) is 5.72. The molecule has 0 fully saturated rings. The quantitative estimate of drug-likeness (QED) is 0.781. The lowest BCUT2D eigenvalue weighted by Crippen LogP contribution is -2.34. The molecule has 1 aromatic rings. The summed E-state index contributed by atoms with van der Waals surface area (Å²) >= 11 is 0. The van der Waals surface area contributed by atoms with Crippen LogP contribution >= 0.6 is 0 Å². The Morgan fingerprint density at radius 1 is 1.53 bits per heavy atom. The molecule has 1 heterocycles. The zero-order valence-electron chi connectivity index (χ0n) is 10.6. The van der Waals surface area contributed by atoms with E-state index in [1.54, 1.807) is 6.92 Å². The highest BCUT2D eigenvalue weighted by Crippen LogP contribution is 2.12. The summed E-state index contributed by atoms with van der Waals surface area (Å²) in [5.41, 5.74) is 1.62. The minimum atomic E-state index is -0.0372. The third-order valence-electron chi connectivity index (χ3n) is 2.72. The van der Waals surface area contributed by atoms with Crippen molar-refractivity contribution in [1.29, 1.82) is 0 Å². The zero-order chi connectivity index (χ0) is 12.8. The summed E-state index contributed by atoms with van der Waals surface area (Å²) < 4.78 is 5.00. The second kappa shape index (κ2) is 6.39. The molecule has 0 spiro atoms. The van der Waals surface area contributed by atoms with Gasteiger partial charge in [0, 0.05) is 18.2 Å². The summed E-state index contributed by atoms with van der Waals surface area (Å²) in [7, 11) is 0. The maximum atomic E-state index is 11.7. The van der Waals surface area contributed by atoms with E-state index in [9.17, 15) is 4.79 Å². The molecule has 5 heteroatoms. The smallest absolute Gasteiger partial charge is 0.224 e. The van der Waals surface area contributed by atoms with Crippen molar-refractivity contribution in [3.05, 3.63) is 17.0 Å². The molecule has 5 nitrogen and oxygen atoms in total. The molecule has 0 saturated carbocycles. The minimum absolute atomic E-state index is 0.0372. The first-order valence-corrected chi connectivity index (χ1v) is 5.86. The van der Waals surface area contributed by atoms with Crippen molar-refractivity contribution >= 4 is 5.91 Å². The van der Waals surface area contributed by atoms with Crippen LogP contribution in [0.3, 0.4) is 0 Å². The first-order chi connectivity index (χ1) is 8.04. The van der Waals surface area contributed by atoms with Crippen LogP contribution in [0.5, 0.6) is 0 Å². The lowest BCUT2D eigenvalue weighted by molar-refractivity contribution is -0.121. The zero-order valence-corrected chi connectivity index (χ0v) is 10.6. The van der Waals surface area contributed by atoms with Crippen molar-refractivity contribution in [3.63, 3.8) is 0 Å². The number of carbonyl (C=O) groups excluding carboxylic acids is 1. The van der Waals surface area contributed by atoms with Crippen molar-refractivity contribution < 1.29 is 14.4 Å². The molecule has 0 aliphatic carbocycles. The molecule has 1 unspecified atom stereocenters. The third-order valence-corrected chi connectivity index (χ3v) is 2.72. The number of aliphatic hydroxyl groups is 1. The Bertz CT molecular complexity index is 354. The Balaban J connectivity index is 2.44. The van der Waals surface area contributed by atoms with E-state index < -0.39 is 0 Å². The number of nitrogens with zero attached hydrogens (tertiary/aromatic N) is 1. The Hall–Kier alpha value is -1.36. The van der Waals surface area contributed by atoms with E-state index in [0.29, 0.717) is 18.6 Å². The molecule has 2 N–H and O–H groups in total. The summed E-state index contributed by atoms with van der Waals surface area (Å²) in [5.74, 6) is 0.658. The van der Waals surface area contributed by atoms with Gasteiger partial charge in [-0.1, -0.05) is 5.16 Å². The Kier molecular flexibility index (Phi) is 5.15. The number of aromatic nitrogens is 1. The van der Waals surface area contributed by atoms with Crippen LogP contribution in [-0.2, 0) is 11.2 Å². The summed E-state index contributed by atoms with van der Waals surface area (Å²) in [5, 5.41) is 15.4. The standard InChI is InChI=1S/C12H20N2O3/c1-8(5-4-6-15)13-12(16)7-11-9(2)14-17-10(11)3/h8,15H,4-7H2,1-3H3,(H,13,16). The average molecular weight is 240 g/mol. The van der Waals surface area contributed by atoms with Gasteiger partial charge in [0.15, 0.2) is 0 Å². The average Bonchev–Trinajstić information content (AvgIpc) is 2.58. The molecule has 0 aliphatic rings. The molecule has 0 aliphatic heterocycles. The van der Waals surface area contributed by atoms with Gasteiger partial charge in [0.25, 0.3) is 0 Å². The second-order valence-electron chi connectivity index (χ2n) is 4.31. The predicted octanol–water partition coefficient (Wildman–Crippen LogP) is 1.11. The van der Waals surface area contributed by atoms with E-state index in [-0.39, 0.29) is 18.6 Å². The van der Waals surface area contributed by atoms with E-state index in [0.717, 1.165) is 17.7 Å². The highest BCUT2D eigenvalue weighted by Gasteiger charge is 2.14. The van der Waals surface area contributed by atoms with E-state index in [1.165, 1.54) is 0 Å². The van der Waals surface area contributed by atoms with Crippen LogP contribution in [0.15, 0.2) is 4.52 Å². The van der Waals surface area contributed by atoms with Crippen LogP contribution in [0.25, 0.3) is 0 Å². The minimum Gasteiger partial charge on any atom is -0.396 e. The van der Waals surface area contributed by atoms with Crippen molar-refractivity contribution in [2.45, 2.75) is 46.1 Å². The monoisotopic (exact) mass is 240 g/mol. The normalized spacial score (nSPS) is 12.5. The van der Waals surface area contributed by atoms with Crippen molar-refractivity contribution in [2.24, 2.45) is 0 Å². The molecule has 17 heavy (non-hydrogen) atoms. The van der Waals surface area contributed by atoms with E-state index >= 15 is 0 Å². The van der Waals surface area contributed by atoms with Crippen LogP contribution in [0.4, 0.5) is 0 Å². The molecular weight excluding hydrogens is 220 g/mol. The van der Waals surface area contributed by atoms with Gasteiger partial charge in [-0.2, -0.15) is 0 Å². The molecule has 1 amide bonds. The Labute approximate surface area is 101 Å².